The summed E-state index contributed by atoms with van der Waals surface area (Å²) in [5.74, 6) is -2.84. The Morgan fingerprint density at radius 1 is 1.09 bits per heavy atom. The molecule has 0 N–H and O–H groups in total. The van der Waals surface area contributed by atoms with Gasteiger partial charge in [0.15, 0.2) is 0 Å². The van der Waals surface area contributed by atoms with Crippen LogP contribution >= 0.6 is 23.2 Å². The molecule has 0 bridgehead atoms. The lowest BCUT2D eigenvalue weighted by Crippen LogP contribution is -2.16. The molecule has 1 aromatic carbocycles. The first-order valence-electron chi connectivity index (χ1n) is 6.12. The molecule has 118 valence electrons. The maximum atomic E-state index is 11.9. The fourth-order valence-electron chi connectivity index (χ4n) is 1.31. The van der Waals surface area contributed by atoms with E-state index in [1.165, 1.54) is 6.07 Å². The molecule has 0 aliphatic carbocycles. The molecule has 0 aliphatic rings. The van der Waals surface area contributed by atoms with Gasteiger partial charge in [0.05, 0.1) is 27.8 Å². The molecule has 0 amide bonds. The number of carbonyl (C=O) groups is 3. The predicted octanol–water partition coefficient (Wildman–Crippen LogP) is 3.36. The average molecular weight is 347 g/mol. The Morgan fingerprint density at radius 3 is 2.14 bits per heavy atom. The number of hydrogen-bond acceptors (Lipinski definition) is 6. The smallest absolute Gasteiger partial charge is 0.387 e. The van der Waals surface area contributed by atoms with E-state index in [1.807, 2.05) is 6.92 Å². The van der Waals surface area contributed by atoms with Gasteiger partial charge in [-0.3, -0.25) is 0 Å². The van der Waals surface area contributed by atoms with E-state index in [4.69, 9.17) is 27.9 Å². The molecule has 0 atom stereocenters. The summed E-state index contributed by atoms with van der Waals surface area (Å²) < 4.78 is 4.94. The second-order valence-electron chi connectivity index (χ2n) is 3.93. The fraction of sp³-hybridized carbons (Fsp3) is 0.214. The Bertz CT molecular complexity index is 612. The lowest BCUT2D eigenvalue weighted by Gasteiger charge is -2.09. The third-order valence-corrected chi connectivity index (χ3v) is 3.03. The van der Waals surface area contributed by atoms with Gasteiger partial charge >= 0.3 is 17.9 Å². The van der Waals surface area contributed by atoms with Crippen LogP contribution < -0.4 is 0 Å². The summed E-state index contributed by atoms with van der Waals surface area (Å²) in [4.78, 5) is 43.1. The molecule has 0 heterocycles. The Balaban J connectivity index is 3.07. The zero-order valence-electron chi connectivity index (χ0n) is 11.6. The van der Waals surface area contributed by atoms with Crippen LogP contribution in [0.5, 0.6) is 0 Å². The van der Waals surface area contributed by atoms with Gasteiger partial charge in [-0.05, 0) is 18.6 Å². The summed E-state index contributed by atoms with van der Waals surface area (Å²) in [6, 6.07) is 2.30. The second kappa shape index (κ2) is 8.41. The Hall–Kier alpha value is -2.05. The normalized spacial score (nSPS) is 9.77. The van der Waals surface area contributed by atoms with Crippen molar-refractivity contribution in [3.8, 4) is 0 Å². The minimum Gasteiger partial charge on any atom is -0.462 e. The molecular formula is C14H12Cl2O6. The van der Waals surface area contributed by atoms with Gasteiger partial charge in [-0.1, -0.05) is 36.7 Å². The molecule has 0 saturated carbocycles. The van der Waals surface area contributed by atoms with E-state index in [0.717, 1.165) is 12.1 Å². The summed E-state index contributed by atoms with van der Waals surface area (Å²) in [6.45, 7) is 5.12. The van der Waals surface area contributed by atoms with Gasteiger partial charge in [0.25, 0.3) is 0 Å². The number of halogens is 2. The molecule has 0 aliphatic heterocycles. The predicted molar refractivity (Wildman–Crippen MR) is 78.7 cm³/mol. The van der Waals surface area contributed by atoms with E-state index >= 15 is 0 Å². The minimum atomic E-state index is -1.10. The molecule has 6 nitrogen and oxygen atoms in total. The van der Waals surface area contributed by atoms with E-state index < -0.39 is 17.9 Å². The van der Waals surface area contributed by atoms with Crippen molar-refractivity contribution in [2.75, 3.05) is 6.61 Å². The molecule has 22 heavy (non-hydrogen) atoms. The highest BCUT2D eigenvalue weighted by molar-refractivity contribution is 6.42. The van der Waals surface area contributed by atoms with Crippen molar-refractivity contribution in [2.24, 2.45) is 0 Å². The molecule has 0 fully saturated rings. The van der Waals surface area contributed by atoms with Crippen molar-refractivity contribution in [3.63, 3.8) is 0 Å². The lowest BCUT2D eigenvalue weighted by atomic mass is 10.1. The van der Waals surface area contributed by atoms with Crippen LogP contribution in [0, 0.1) is 0 Å². The van der Waals surface area contributed by atoms with Gasteiger partial charge in [0, 0.05) is 6.08 Å². The zero-order valence-corrected chi connectivity index (χ0v) is 13.1. The minimum absolute atomic E-state index is 0.0238. The van der Waals surface area contributed by atoms with Crippen LogP contribution in [-0.4, -0.2) is 24.5 Å². The number of ether oxygens (including phenoxy) is 1. The fourth-order valence-corrected chi connectivity index (χ4v) is 1.64. The van der Waals surface area contributed by atoms with Crippen LogP contribution in [0.4, 0.5) is 0 Å². The molecule has 0 saturated heterocycles. The maximum absolute atomic E-state index is 11.9. The van der Waals surface area contributed by atoms with Crippen molar-refractivity contribution in [1.82, 2.24) is 0 Å². The van der Waals surface area contributed by atoms with Crippen molar-refractivity contribution in [2.45, 2.75) is 13.3 Å². The van der Waals surface area contributed by atoms with Crippen molar-refractivity contribution < 1.29 is 28.9 Å². The molecule has 0 unspecified atom stereocenters. The maximum Gasteiger partial charge on any atom is 0.387 e. The molecule has 1 aromatic rings. The highest BCUT2D eigenvalue weighted by atomic mass is 35.5. The Kier molecular flexibility index (Phi) is 6.88. The highest BCUT2D eigenvalue weighted by Gasteiger charge is 2.23. The van der Waals surface area contributed by atoms with Crippen LogP contribution in [0.25, 0.3) is 0 Å². The van der Waals surface area contributed by atoms with E-state index in [-0.39, 0.29) is 27.8 Å². The van der Waals surface area contributed by atoms with Gasteiger partial charge in [-0.15, -0.1) is 0 Å². The number of esters is 1. The van der Waals surface area contributed by atoms with E-state index in [2.05, 4.69) is 16.4 Å². The van der Waals surface area contributed by atoms with Crippen LogP contribution in [0.15, 0.2) is 24.8 Å². The van der Waals surface area contributed by atoms with Crippen LogP contribution in [0.2, 0.25) is 10.0 Å². The molecule has 1 rings (SSSR count). The summed E-state index contributed by atoms with van der Waals surface area (Å²) in [7, 11) is 0. The standard InChI is InChI=1S/C14H12Cl2O6/c1-3-5-20-13(18)8-6-10(15)11(16)7-9(8)14(19)22-21-12(17)4-2/h4,6-7H,2-3,5H2,1H3. The van der Waals surface area contributed by atoms with Gasteiger partial charge in [-0.25, -0.2) is 24.2 Å². The molecule has 0 radical (unpaired) electrons. The van der Waals surface area contributed by atoms with Crippen LogP contribution in [0.3, 0.4) is 0 Å². The van der Waals surface area contributed by atoms with Crippen molar-refractivity contribution in [3.05, 3.63) is 46.0 Å². The Morgan fingerprint density at radius 2 is 1.64 bits per heavy atom. The largest absolute Gasteiger partial charge is 0.462 e. The van der Waals surface area contributed by atoms with E-state index in [0.29, 0.717) is 6.42 Å². The number of hydrogen-bond donors (Lipinski definition) is 0. The van der Waals surface area contributed by atoms with Gasteiger partial charge in [-0.2, -0.15) is 0 Å². The first-order valence-corrected chi connectivity index (χ1v) is 6.87. The van der Waals surface area contributed by atoms with E-state index in [9.17, 15) is 14.4 Å². The summed E-state index contributed by atoms with van der Waals surface area (Å²) in [5, 5.41) is 0.0838. The lowest BCUT2D eigenvalue weighted by molar-refractivity contribution is -0.228. The topological polar surface area (TPSA) is 78.9 Å². The van der Waals surface area contributed by atoms with Gasteiger partial charge in [0.2, 0.25) is 0 Å². The molecule has 0 aromatic heterocycles. The highest BCUT2D eigenvalue weighted by Crippen LogP contribution is 2.27. The SMILES string of the molecule is C=CC(=O)OOC(=O)c1cc(Cl)c(Cl)cc1C(=O)OCCC. The first kappa shape index (κ1) is 18.0. The summed E-state index contributed by atoms with van der Waals surface area (Å²) in [5.41, 5.74) is -0.394. The van der Waals surface area contributed by atoms with Crippen LogP contribution in [0.1, 0.15) is 34.1 Å². The monoisotopic (exact) mass is 346 g/mol. The number of carbonyl (C=O) groups excluding carboxylic acids is 3. The van der Waals surface area contributed by atoms with Crippen molar-refractivity contribution >= 4 is 41.1 Å². The summed E-state index contributed by atoms with van der Waals surface area (Å²) in [6.07, 6.45) is 1.41. The van der Waals surface area contributed by atoms with Crippen LogP contribution in [-0.2, 0) is 19.3 Å². The molecular weight excluding hydrogens is 335 g/mol. The first-order chi connectivity index (χ1) is 10.4. The quantitative estimate of drug-likeness (QED) is 0.352. The molecule has 8 heteroatoms. The molecule has 0 spiro atoms. The average Bonchev–Trinajstić information content (AvgIpc) is 2.51. The third-order valence-electron chi connectivity index (χ3n) is 2.30. The van der Waals surface area contributed by atoms with Crippen molar-refractivity contribution in [1.29, 1.82) is 0 Å². The zero-order chi connectivity index (χ0) is 16.7. The van der Waals surface area contributed by atoms with Gasteiger partial charge < -0.3 is 4.74 Å². The summed E-state index contributed by atoms with van der Waals surface area (Å²) >= 11 is 11.6. The third kappa shape index (κ3) is 4.75. The number of benzene rings is 1. The number of rotatable bonds is 5. The van der Waals surface area contributed by atoms with E-state index in [1.54, 1.807) is 0 Å². The van der Waals surface area contributed by atoms with Gasteiger partial charge in [0.1, 0.15) is 0 Å². The second-order valence-corrected chi connectivity index (χ2v) is 4.74. The Labute approximate surface area is 136 Å².